The average molecular weight is 327 g/mol. The standard InChI is InChI=1S/C19H25N3O2/c23-19(7-4-14-24-15-16-5-2-1-3-6-16)22-12-9-17(10-13-22)18-8-11-20-21-18/h1-3,5-6,8,11,17H,4,7,9-10,12-15H2,(H,20,21). The number of H-pyrrole nitrogens is 1. The van der Waals surface area contributed by atoms with Crippen LogP contribution in [0, 0.1) is 0 Å². The summed E-state index contributed by atoms with van der Waals surface area (Å²) < 4.78 is 5.64. The Morgan fingerprint density at radius 3 is 2.71 bits per heavy atom. The monoisotopic (exact) mass is 327 g/mol. The van der Waals surface area contributed by atoms with Gasteiger partial charge in [-0.05, 0) is 30.9 Å². The molecule has 0 atom stereocenters. The Labute approximate surface area is 143 Å². The number of carbonyl (C=O) groups excluding carboxylic acids is 1. The summed E-state index contributed by atoms with van der Waals surface area (Å²) in [5, 5.41) is 7.05. The lowest BCUT2D eigenvalue weighted by Crippen LogP contribution is -2.38. The summed E-state index contributed by atoms with van der Waals surface area (Å²) >= 11 is 0. The lowest BCUT2D eigenvalue weighted by Gasteiger charge is -2.31. The van der Waals surface area contributed by atoms with Gasteiger partial charge in [0.25, 0.3) is 0 Å². The van der Waals surface area contributed by atoms with E-state index in [1.807, 2.05) is 29.2 Å². The normalized spacial score (nSPS) is 15.6. The van der Waals surface area contributed by atoms with E-state index in [9.17, 15) is 4.79 Å². The largest absolute Gasteiger partial charge is 0.377 e. The molecule has 128 valence electrons. The van der Waals surface area contributed by atoms with Crippen LogP contribution in [0.25, 0.3) is 0 Å². The molecule has 0 radical (unpaired) electrons. The second-order valence-electron chi connectivity index (χ2n) is 6.31. The highest BCUT2D eigenvalue weighted by Crippen LogP contribution is 2.26. The van der Waals surface area contributed by atoms with E-state index in [1.165, 1.54) is 11.3 Å². The fourth-order valence-electron chi connectivity index (χ4n) is 3.18. The molecular formula is C19H25N3O2. The van der Waals surface area contributed by atoms with Gasteiger partial charge < -0.3 is 9.64 Å². The highest BCUT2D eigenvalue weighted by Gasteiger charge is 2.24. The van der Waals surface area contributed by atoms with Crippen LogP contribution in [-0.4, -0.2) is 40.7 Å². The van der Waals surface area contributed by atoms with E-state index < -0.39 is 0 Å². The predicted molar refractivity (Wildman–Crippen MR) is 92.5 cm³/mol. The van der Waals surface area contributed by atoms with Crippen molar-refractivity contribution in [2.45, 2.75) is 38.2 Å². The lowest BCUT2D eigenvalue weighted by atomic mass is 9.93. The Morgan fingerprint density at radius 1 is 1.21 bits per heavy atom. The van der Waals surface area contributed by atoms with E-state index in [-0.39, 0.29) is 5.91 Å². The molecule has 2 aromatic rings. The van der Waals surface area contributed by atoms with Gasteiger partial charge in [-0.15, -0.1) is 0 Å². The minimum Gasteiger partial charge on any atom is -0.377 e. The van der Waals surface area contributed by atoms with Crippen LogP contribution in [0.2, 0.25) is 0 Å². The van der Waals surface area contributed by atoms with Crippen LogP contribution in [0.1, 0.15) is 42.9 Å². The smallest absolute Gasteiger partial charge is 0.222 e. The Kier molecular flexibility index (Phi) is 6.01. The van der Waals surface area contributed by atoms with Gasteiger partial charge in [0.1, 0.15) is 0 Å². The molecule has 1 aliphatic heterocycles. The molecular weight excluding hydrogens is 302 g/mol. The quantitative estimate of drug-likeness (QED) is 0.795. The van der Waals surface area contributed by atoms with Crippen molar-refractivity contribution in [1.29, 1.82) is 0 Å². The van der Waals surface area contributed by atoms with Crippen LogP contribution >= 0.6 is 0 Å². The Balaban J connectivity index is 1.30. The Hall–Kier alpha value is -2.14. The average Bonchev–Trinajstić information content (AvgIpc) is 3.17. The van der Waals surface area contributed by atoms with Gasteiger partial charge in [0, 0.05) is 43.9 Å². The Morgan fingerprint density at radius 2 is 2.00 bits per heavy atom. The molecule has 3 rings (SSSR count). The number of ether oxygens (including phenoxy) is 1. The number of aromatic amines is 1. The third kappa shape index (κ3) is 4.68. The molecule has 1 aromatic carbocycles. The SMILES string of the molecule is O=C(CCCOCc1ccccc1)N1CCC(c2ccn[nH]2)CC1. The molecule has 0 saturated carbocycles. The molecule has 0 unspecified atom stereocenters. The first kappa shape index (κ1) is 16.7. The van der Waals surface area contributed by atoms with Crippen molar-refractivity contribution in [3.63, 3.8) is 0 Å². The van der Waals surface area contributed by atoms with Gasteiger partial charge in [-0.3, -0.25) is 9.89 Å². The maximum absolute atomic E-state index is 12.3. The molecule has 24 heavy (non-hydrogen) atoms. The number of aromatic nitrogens is 2. The number of amides is 1. The van der Waals surface area contributed by atoms with Crippen molar-refractivity contribution in [3.8, 4) is 0 Å². The number of benzene rings is 1. The summed E-state index contributed by atoms with van der Waals surface area (Å²) in [6, 6.07) is 12.2. The first-order valence-corrected chi connectivity index (χ1v) is 8.71. The van der Waals surface area contributed by atoms with Crippen molar-refractivity contribution in [3.05, 3.63) is 53.9 Å². The topological polar surface area (TPSA) is 58.2 Å². The molecule has 1 aromatic heterocycles. The van der Waals surface area contributed by atoms with E-state index in [4.69, 9.17) is 4.74 Å². The molecule has 1 amide bonds. The third-order valence-electron chi connectivity index (χ3n) is 4.60. The first-order valence-electron chi connectivity index (χ1n) is 8.71. The summed E-state index contributed by atoms with van der Waals surface area (Å²) in [5.74, 6) is 0.757. The molecule has 1 aliphatic rings. The van der Waals surface area contributed by atoms with Crippen molar-refractivity contribution < 1.29 is 9.53 Å². The zero-order valence-electron chi connectivity index (χ0n) is 14.0. The molecule has 5 nitrogen and oxygen atoms in total. The van der Waals surface area contributed by atoms with Crippen molar-refractivity contribution >= 4 is 5.91 Å². The van der Waals surface area contributed by atoms with Gasteiger partial charge in [0.2, 0.25) is 5.91 Å². The van der Waals surface area contributed by atoms with Crippen molar-refractivity contribution in [2.75, 3.05) is 19.7 Å². The Bertz CT molecular complexity index is 605. The molecule has 1 N–H and O–H groups in total. The van der Waals surface area contributed by atoms with E-state index in [1.54, 1.807) is 6.20 Å². The second-order valence-corrected chi connectivity index (χ2v) is 6.31. The van der Waals surface area contributed by atoms with Crippen LogP contribution in [-0.2, 0) is 16.1 Å². The number of likely N-dealkylation sites (tertiary alicyclic amines) is 1. The number of nitrogens with one attached hydrogen (secondary N) is 1. The number of hydrogen-bond donors (Lipinski definition) is 1. The number of nitrogens with zero attached hydrogens (tertiary/aromatic N) is 2. The number of rotatable bonds is 7. The summed E-state index contributed by atoms with van der Waals surface area (Å²) in [7, 11) is 0. The minimum absolute atomic E-state index is 0.251. The van der Waals surface area contributed by atoms with Crippen LogP contribution in [0.15, 0.2) is 42.6 Å². The summed E-state index contributed by atoms with van der Waals surface area (Å²) in [4.78, 5) is 14.3. The van der Waals surface area contributed by atoms with Gasteiger partial charge in [0.05, 0.1) is 6.61 Å². The number of hydrogen-bond acceptors (Lipinski definition) is 3. The zero-order valence-corrected chi connectivity index (χ0v) is 14.0. The molecule has 0 spiro atoms. The number of piperidine rings is 1. The van der Waals surface area contributed by atoms with E-state index in [0.29, 0.717) is 25.6 Å². The highest BCUT2D eigenvalue weighted by molar-refractivity contribution is 5.76. The first-order chi connectivity index (χ1) is 11.8. The molecule has 0 bridgehead atoms. The summed E-state index contributed by atoms with van der Waals surface area (Å²) in [6.45, 7) is 2.93. The zero-order chi connectivity index (χ0) is 16.6. The fourth-order valence-corrected chi connectivity index (χ4v) is 3.18. The maximum Gasteiger partial charge on any atom is 0.222 e. The molecule has 0 aliphatic carbocycles. The molecule has 5 heteroatoms. The van der Waals surface area contributed by atoms with Crippen LogP contribution in [0.4, 0.5) is 0 Å². The minimum atomic E-state index is 0.251. The van der Waals surface area contributed by atoms with Crippen LogP contribution in [0.5, 0.6) is 0 Å². The van der Waals surface area contributed by atoms with E-state index >= 15 is 0 Å². The highest BCUT2D eigenvalue weighted by atomic mass is 16.5. The third-order valence-corrected chi connectivity index (χ3v) is 4.60. The summed E-state index contributed by atoms with van der Waals surface area (Å²) in [5.41, 5.74) is 2.36. The predicted octanol–water partition coefficient (Wildman–Crippen LogP) is 3.11. The van der Waals surface area contributed by atoms with E-state index in [0.717, 1.165) is 32.4 Å². The maximum atomic E-state index is 12.3. The fraction of sp³-hybridized carbons (Fsp3) is 0.474. The van der Waals surface area contributed by atoms with Crippen molar-refractivity contribution in [2.24, 2.45) is 0 Å². The van der Waals surface area contributed by atoms with Gasteiger partial charge in [-0.1, -0.05) is 30.3 Å². The van der Waals surface area contributed by atoms with Gasteiger partial charge in [-0.25, -0.2) is 0 Å². The molecule has 1 fully saturated rings. The molecule has 2 heterocycles. The van der Waals surface area contributed by atoms with Crippen LogP contribution in [0.3, 0.4) is 0 Å². The van der Waals surface area contributed by atoms with Crippen LogP contribution < -0.4 is 0 Å². The molecule has 1 saturated heterocycles. The second kappa shape index (κ2) is 8.64. The summed E-state index contributed by atoms with van der Waals surface area (Å²) in [6.07, 6.45) is 5.18. The van der Waals surface area contributed by atoms with Gasteiger partial charge in [0.15, 0.2) is 0 Å². The van der Waals surface area contributed by atoms with Gasteiger partial charge >= 0.3 is 0 Å². The van der Waals surface area contributed by atoms with E-state index in [2.05, 4.69) is 22.3 Å². The van der Waals surface area contributed by atoms with Crippen molar-refractivity contribution in [1.82, 2.24) is 15.1 Å². The lowest BCUT2D eigenvalue weighted by molar-refractivity contribution is -0.132. The van der Waals surface area contributed by atoms with Gasteiger partial charge in [-0.2, -0.15) is 5.10 Å². The number of carbonyl (C=O) groups is 1.